The number of thioether (sulfide) groups is 1. The van der Waals surface area contributed by atoms with Gasteiger partial charge in [0, 0.05) is 22.5 Å². The molecule has 0 atom stereocenters. The van der Waals surface area contributed by atoms with Crippen LogP contribution in [-0.2, 0) is 4.79 Å². The molecule has 0 radical (unpaired) electrons. The van der Waals surface area contributed by atoms with Crippen LogP contribution in [0.15, 0.2) is 45.8 Å². The van der Waals surface area contributed by atoms with Crippen molar-refractivity contribution in [3.05, 3.63) is 40.9 Å². The number of benzene rings is 1. The van der Waals surface area contributed by atoms with E-state index in [-0.39, 0.29) is 5.91 Å². The molecule has 18 heavy (non-hydrogen) atoms. The Bertz CT molecular complexity index is 416. The molecule has 1 aromatic carbocycles. The standard InChI is InChI=1S/C14H18BrNOS/c1-4-16(9-11(2)3)14(17)10-18-13-7-5-12(15)6-8-13/h5-8H,2,4,9-10H2,1,3H3. The zero-order valence-corrected chi connectivity index (χ0v) is 13.2. The van der Waals surface area contributed by atoms with E-state index in [2.05, 4.69) is 22.5 Å². The molecular formula is C14H18BrNOS. The highest BCUT2D eigenvalue weighted by Crippen LogP contribution is 2.21. The third-order valence-corrected chi connectivity index (χ3v) is 3.90. The monoisotopic (exact) mass is 327 g/mol. The van der Waals surface area contributed by atoms with Gasteiger partial charge in [-0.2, -0.15) is 0 Å². The lowest BCUT2D eigenvalue weighted by Crippen LogP contribution is -2.33. The summed E-state index contributed by atoms with van der Waals surface area (Å²) in [7, 11) is 0. The molecule has 0 unspecified atom stereocenters. The van der Waals surface area contributed by atoms with Crippen LogP contribution in [0.5, 0.6) is 0 Å². The first-order valence-corrected chi connectivity index (χ1v) is 7.61. The molecule has 0 spiro atoms. The second-order valence-electron chi connectivity index (χ2n) is 4.11. The maximum atomic E-state index is 12.0. The van der Waals surface area contributed by atoms with Crippen molar-refractivity contribution in [2.75, 3.05) is 18.8 Å². The highest BCUT2D eigenvalue weighted by atomic mass is 79.9. The molecule has 0 aromatic heterocycles. The van der Waals surface area contributed by atoms with Crippen LogP contribution in [0.2, 0.25) is 0 Å². The Hall–Kier alpha value is -0.740. The van der Waals surface area contributed by atoms with Gasteiger partial charge in [-0.1, -0.05) is 28.1 Å². The molecule has 98 valence electrons. The maximum absolute atomic E-state index is 12.0. The third-order valence-electron chi connectivity index (χ3n) is 2.37. The normalized spacial score (nSPS) is 10.2. The first-order valence-electron chi connectivity index (χ1n) is 5.83. The number of amides is 1. The molecule has 0 fully saturated rings. The predicted molar refractivity (Wildman–Crippen MR) is 81.9 cm³/mol. The Balaban J connectivity index is 2.49. The van der Waals surface area contributed by atoms with Gasteiger partial charge in [0.05, 0.1) is 5.75 Å². The van der Waals surface area contributed by atoms with E-state index in [4.69, 9.17) is 0 Å². The molecule has 0 saturated carbocycles. The quantitative estimate of drug-likeness (QED) is 0.582. The maximum Gasteiger partial charge on any atom is 0.233 e. The van der Waals surface area contributed by atoms with Crippen molar-refractivity contribution >= 4 is 33.6 Å². The van der Waals surface area contributed by atoms with Gasteiger partial charge in [-0.05, 0) is 38.1 Å². The minimum atomic E-state index is 0.161. The smallest absolute Gasteiger partial charge is 0.233 e. The summed E-state index contributed by atoms with van der Waals surface area (Å²) >= 11 is 4.96. The van der Waals surface area contributed by atoms with Crippen LogP contribution in [0.25, 0.3) is 0 Å². The largest absolute Gasteiger partial charge is 0.338 e. The summed E-state index contributed by atoms with van der Waals surface area (Å²) < 4.78 is 1.05. The second-order valence-corrected chi connectivity index (χ2v) is 6.07. The van der Waals surface area contributed by atoms with Crippen molar-refractivity contribution in [3.8, 4) is 0 Å². The van der Waals surface area contributed by atoms with Gasteiger partial charge in [-0.15, -0.1) is 11.8 Å². The zero-order valence-electron chi connectivity index (χ0n) is 10.8. The fourth-order valence-electron chi connectivity index (χ4n) is 1.47. The van der Waals surface area contributed by atoms with E-state index in [1.54, 1.807) is 11.8 Å². The average molecular weight is 328 g/mol. The SMILES string of the molecule is C=C(C)CN(CC)C(=O)CSc1ccc(Br)cc1. The molecule has 0 aliphatic carbocycles. The predicted octanol–water partition coefficient (Wildman–Crippen LogP) is 3.97. The summed E-state index contributed by atoms with van der Waals surface area (Å²) in [5.41, 5.74) is 1.01. The molecule has 1 rings (SSSR count). The number of hydrogen-bond donors (Lipinski definition) is 0. The van der Waals surface area contributed by atoms with Crippen LogP contribution in [-0.4, -0.2) is 29.6 Å². The van der Waals surface area contributed by atoms with E-state index in [1.165, 1.54) is 0 Å². The van der Waals surface area contributed by atoms with Gasteiger partial charge in [0.2, 0.25) is 5.91 Å². The van der Waals surface area contributed by atoms with Crippen LogP contribution in [0, 0.1) is 0 Å². The van der Waals surface area contributed by atoms with E-state index >= 15 is 0 Å². The second kappa shape index (κ2) is 7.64. The van der Waals surface area contributed by atoms with E-state index in [1.807, 2.05) is 43.0 Å². The molecule has 0 aliphatic heterocycles. The molecule has 0 saturated heterocycles. The molecule has 4 heteroatoms. The van der Waals surface area contributed by atoms with E-state index in [0.29, 0.717) is 12.3 Å². The number of rotatable bonds is 6. The summed E-state index contributed by atoms with van der Waals surface area (Å²) in [5.74, 6) is 0.636. The molecule has 0 heterocycles. The third kappa shape index (κ3) is 5.27. The minimum Gasteiger partial charge on any atom is -0.338 e. The summed E-state index contributed by atoms with van der Waals surface area (Å²) in [6, 6.07) is 7.99. The summed E-state index contributed by atoms with van der Waals surface area (Å²) in [6.45, 7) is 9.16. The fourth-order valence-corrected chi connectivity index (χ4v) is 2.53. The molecule has 0 N–H and O–H groups in total. The van der Waals surface area contributed by atoms with Gasteiger partial charge in [-0.3, -0.25) is 4.79 Å². The number of likely N-dealkylation sites (N-methyl/N-ethyl adjacent to an activating group) is 1. The number of nitrogens with zero attached hydrogens (tertiary/aromatic N) is 1. The minimum absolute atomic E-state index is 0.161. The van der Waals surface area contributed by atoms with E-state index < -0.39 is 0 Å². The van der Waals surface area contributed by atoms with Crippen LogP contribution in [0.1, 0.15) is 13.8 Å². The number of carbonyl (C=O) groups is 1. The summed E-state index contributed by atoms with van der Waals surface area (Å²) in [6.07, 6.45) is 0. The van der Waals surface area contributed by atoms with Crippen LogP contribution in [0.3, 0.4) is 0 Å². The average Bonchev–Trinajstić information content (AvgIpc) is 2.34. The van der Waals surface area contributed by atoms with Crippen molar-refractivity contribution in [2.24, 2.45) is 0 Å². The first-order chi connectivity index (χ1) is 8.52. The lowest BCUT2D eigenvalue weighted by molar-refractivity contribution is -0.127. The van der Waals surface area contributed by atoms with Crippen molar-refractivity contribution in [2.45, 2.75) is 18.7 Å². The van der Waals surface area contributed by atoms with Gasteiger partial charge >= 0.3 is 0 Å². The summed E-state index contributed by atoms with van der Waals surface area (Å²) in [5, 5.41) is 0. The Kier molecular flexibility index (Phi) is 6.50. The van der Waals surface area contributed by atoms with Crippen LogP contribution < -0.4 is 0 Å². The number of hydrogen-bond acceptors (Lipinski definition) is 2. The Morgan fingerprint density at radius 2 is 2.00 bits per heavy atom. The lowest BCUT2D eigenvalue weighted by Gasteiger charge is -2.20. The lowest BCUT2D eigenvalue weighted by atomic mass is 10.3. The van der Waals surface area contributed by atoms with Crippen molar-refractivity contribution in [1.29, 1.82) is 0 Å². The van der Waals surface area contributed by atoms with Gasteiger partial charge < -0.3 is 4.90 Å². The molecule has 0 aliphatic rings. The Morgan fingerprint density at radius 3 is 2.50 bits per heavy atom. The zero-order chi connectivity index (χ0) is 13.5. The molecule has 0 bridgehead atoms. The molecular weight excluding hydrogens is 310 g/mol. The van der Waals surface area contributed by atoms with E-state index in [0.717, 1.165) is 21.5 Å². The van der Waals surface area contributed by atoms with Crippen LogP contribution in [0.4, 0.5) is 0 Å². The Morgan fingerprint density at radius 1 is 1.39 bits per heavy atom. The van der Waals surface area contributed by atoms with Gasteiger partial charge in [0.25, 0.3) is 0 Å². The number of carbonyl (C=O) groups excluding carboxylic acids is 1. The Labute approximate surface area is 122 Å². The van der Waals surface area contributed by atoms with Crippen molar-refractivity contribution in [3.63, 3.8) is 0 Å². The van der Waals surface area contributed by atoms with Gasteiger partial charge in [-0.25, -0.2) is 0 Å². The number of halogens is 1. The van der Waals surface area contributed by atoms with Crippen LogP contribution >= 0.6 is 27.7 Å². The van der Waals surface area contributed by atoms with Gasteiger partial charge in [0.1, 0.15) is 0 Å². The summed E-state index contributed by atoms with van der Waals surface area (Å²) in [4.78, 5) is 14.9. The molecule has 1 amide bonds. The first kappa shape index (κ1) is 15.3. The van der Waals surface area contributed by atoms with Gasteiger partial charge in [0.15, 0.2) is 0 Å². The topological polar surface area (TPSA) is 20.3 Å². The van der Waals surface area contributed by atoms with Crippen molar-refractivity contribution in [1.82, 2.24) is 4.90 Å². The van der Waals surface area contributed by atoms with Crippen molar-refractivity contribution < 1.29 is 4.79 Å². The molecule has 1 aromatic rings. The highest BCUT2D eigenvalue weighted by molar-refractivity contribution is 9.10. The van der Waals surface area contributed by atoms with E-state index in [9.17, 15) is 4.79 Å². The molecule has 2 nitrogen and oxygen atoms in total. The fraction of sp³-hybridized carbons (Fsp3) is 0.357. The highest BCUT2D eigenvalue weighted by Gasteiger charge is 2.11.